The Kier molecular flexibility index (Phi) is 5.51. The molecule has 0 fully saturated rings. The highest BCUT2D eigenvalue weighted by atomic mass is 16.2. The summed E-state index contributed by atoms with van der Waals surface area (Å²) in [7, 11) is 0. The molecule has 0 saturated heterocycles. The Hall–Kier alpha value is -1.88. The van der Waals surface area contributed by atoms with Crippen LogP contribution in [0.4, 0.5) is 0 Å². The molecule has 1 aromatic rings. The quantitative estimate of drug-likeness (QED) is 0.728. The SMILES string of the molecule is CCNC(=O)C(C)NC(=O)C(N)c1ccc(C)cc1. The van der Waals surface area contributed by atoms with Gasteiger partial charge in [-0.15, -0.1) is 0 Å². The first-order chi connectivity index (χ1) is 8.95. The predicted molar refractivity (Wildman–Crippen MR) is 74.4 cm³/mol. The summed E-state index contributed by atoms with van der Waals surface area (Å²) < 4.78 is 0. The van der Waals surface area contributed by atoms with Crippen LogP contribution in [0.2, 0.25) is 0 Å². The van der Waals surface area contributed by atoms with Crippen molar-refractivity contribution in [2.45, 2.75) is 32.9 Å². The van der Waals surface area contributed by atoms with Crippen LogP contribution in [0.3, 0.4) is 0 Å². The molecule has 0 spiro atoms. The number of nitrogens with two attached hydrogens (primary N) is 1. The van der Waals surface area contributed by atoms with Crippen LogP contribution in [0.15, 0.2) is 24.3 Å². The van der Waals surface area contributed by atoms with Crippen molar-refractivity contribution in [1.82, 2.24) is 10.6 Å². The molecular weight excluding hydrogens is 242 g/mol. The first-order valence-corrected chi connectivity index (χ1v) is 6.36. The van der Waals surface area contributed by atoms with E-state index in [4.69, 9.17) is 5.73 Å². The molecule has 1 aromatic carbocycles. The Morgan fingerprint density at radius 1 is 1.21 bits per heavy atom. The summed E-state index contributed by atoms with van der Waals surface area (Å²) in [5.41, 5.74) is 7.70. The van der Waals surface area contributed by atoms with Gasteiger partial charge < -0.3 is 16.4 Å². The second-order valence-electron chi connectivity index (χ2n) is 4.51. The van der Waals surface area contributed by atoms with Gasteiger partial charge in [0, 0.05) is 6.54 Å². The number of rotatable bonds is 5. The van der Waals surface area contributed by atoms with Gasteiger partial charge in [0.1, 0.15) is 12.1 Å². The molecule has 104 valence electrons. The van der Waals surface area contributed by atoms with Gasteiger partial charge in [-0.2, -0.15) is 0 Å². The summed E-state index contributed by atoms with van der Waals surface area (Å²) in [6.07, 6.45) is 0. The van der Waals surface area contributed by atoms with E-state index >= 15 is 0 Å². The molecule has 0 aliphatic heterocycles. The third-order valence-electron chi connectivity index (χ3n) is 2.82. The number of amides is 2. The first-order valence-electron chi connectivity index (χ1n) is 6.36. The minimum atomic E-state index is -0.766. The summed E-state index contributed by atoms with van der Waals surface area (Å²) in [4.78, 5) is 23.4. The van der Waals surface area contributed by atoms with E-state index in [9.17, 15) is 9.59 Å². The van der Waals surface area contributed by atoms with Gasteiger partial charge in [-0.05, 0) is 26.3 Å². The van der Waals surface area contributed by atoms with Gasteiger partial charge in [-0.3, -0.25) is 9.59 Å². The maximum absolute atomic E-state index is 11.9. The van der Waals surface area contributed by atoms with Crippen molar-refractivity contribution in [1.29, 1.82) is 0 Å². The molecule has 5 heteroatoms. The molecule has 2 atom stereocenters. The molecular formula is C14H21N3O2. The van der Waals surface area contributed by atoms with Gasteiger partial charge >= 0.3 is 0 Å². The van der Waals surface area contributed by atoms with Crippen LogP contribution < -0.4 is 16.4 Å². The van der Waals surface area contributed by atoms with E-state index in [1.54, 1.807) is 6.92 Å². The highest BCUT2D eigenvalue weighted by molar-refractivity contribution is 5.89. The Labute approximate surface area is 113 Å². The van der Waals surface area contributed by atoms with Crippen molar-refractivity contribution < 1.29 is 9.59 Å². The monoisotopic (exact) mass is 263 g/mol. The van der Waals surface area contributed by atoms with Gasteiger partial charge in [-0.25, -0.2) is 0 Å². The van der Waals surface area contributed by atoms with Gasteiger partial charge in [0.15, 0.2) is 0 Å². The van der Waals surface area contributed by atoms with Crippen molar-refractivity contribution in [3.05, 3.63) is 35.4 Å². The summed E-state index contributed by atoms with van der Waals surface area (Å²) in [5, 5.41) is 5.24. The van der Waals surface area contributed by atoms with Crippen molar-refractivity contribution in [2.75, 3.05) is 6.54 Å². The van der Waals surface area contributed by atoms with Crippen LogP contribution in [-0.4, -0.2) is 24.4 Å². The second kappa shape index (κ2) is 6.89. The Morgan fingerprint density at radius 2 is 1.79 bits per heavy atom. The predicted octanol–water partition coefficient (Wildman–Crippen LogP) is 0.636. The summed E-state index contributed by atoms with van der Waals surface area (Å²) >= 11 is 0. The topological polar surface area (TPSA) is 84.2 Å². The summed E-state index contributed by atoms with van der Waals surface area (Å²) in [6, 6.07) is 6.07. The Balaban J connectivity index is 2.62. The molecule has 4 N–H and O–H groups in total. The van der Waals surface area contributed by atoms with Crippen molar-refractivity contribution in [3.63, 3.8) is 0 Å². The zero-order valence-electron chi connectivity index (χ0n) is 11.6. The minimum Gasteiger partial charge on any atom is -0.355 e. The first kappa shape index (κ1) is 15.2. The normalized spacial score (nSPS) is 13.5. The Bertz CT molecular complexity index is 443. The van der Waals surface area contributed by atoms with Gasteiger partial charge in [-0.1, -0.05) is 29.8 Å². The van der Waals surface area contributed by atoms with E-state index in [1.807, 2.05) is 38.1 Å². The summed E-state index contributed by atoms with van der Waals surface area (Å²) in [5.74, 6) is -0.574. The lowest BCUT2D eigenvalue weighted by Crippen LogP contribution is -2.47. The third kappa shape index (κ3) is 4.37. The molecule has 0 bridgehead atoms. The molecule has 0 aromatic heterocycles. The van der Waals surface area contributed by atoms with E-state index in [0.717, 1.165) is 11.1 Å². The fraction of sp³-hybridized carbons (Fsp3) is 0.429. The van der Waals surface area contributed by atoms with E-state index in [2.05, 4.69) is 10.6 Å². The van der Waals surface area contributed by atoms with Crippen molar-refractivity contribution in [2.24, 2.45) is 5.73 Å². The molecule has 1 rings (SSSR count). The van der Waals surface area contributed by atoms with E-state index in [1.165, 1.54) is 0 Å². The number of aryl methyl sites for hydroxylation is 1. The van der Waals surface area contributed by atoms with Crippen LogP contribution in [0.25, 0.3) is 0 Å². The number of carbonyl (C=O) groups is 2. The maximum Gasteiger partial charge on any atom is 0.242 e. The van der Waals surface area contributed by atoms with Crippen LogP contribution >= 0.6 is 0 Å². The number of benzene rings is 1. The number of carbonyl (C=O) groups excluding carboxylic acids is 2. The molecule has 0 aliphatic carbocycles. The van der Waals surface area contributed by atoms with Crippen LogP contribution in [0.1, 0.15) is 31.0 Å². The summed E-state index contributed by atoms with van der Waals surface area (Å²) in [6.45, 7) is 5.95. The number of hydrogen-bond acceptors (Lipinski definition) is 3. The van der Waals surface area contributed by atoms with Gasteiger partial charge in [0.25, 0.3) is 0 Å². The molecule has 19 heavy (non-hydrogen) atoms. The number of hydrogen-bond donors (Lipinski definition) is 3. The fourth-order valence-corrected chi connectivity index (χ4v) is 1.62. The molecule has 2 amide bonds. The number of likely N-dealkylation sites (N-methyl/N-ethyl adjacent to an activating group) is 1. The fourth-order valence-electron chi connectivity index (χ4n) is 1.62. The molecule has 5 nitrogen and oxygen atoms in total. The average molecular weight is 263 g/mol. The molecule has 0 heterocycles. The van der Waals surface area contributed by atoms with Crippen LogP contribution in [0.5, 0.6) is 0 Å². The molecule has 2 unspecified atom stereocenters. The van der Waals surface area contributed by atoms with E-state index in [0.29, 0.717) is 6.54 Å². The number of nitrogens with one attached hydrogen (secondary N) is 2. The zero-order valence-corrected chi connectivity index (χ0v) is 11.6. The standard InChI is InChI=1S/C14H21N3O2/c1-4-16-13(18)10(3)17-14(19)12(15)11-7-5-9(2)6-8-11/h5-8,10,12H,4,15H2,1-3H3,(H,16,18)(H,17,19). The smallest absolute Gasteiger partial charge is 0.242 e. The van der Waals surface area contributed by atoms with E-state index < -0.39 is 12.1 Å². The van der Waals surface area contributed by atoms with Crippen molar-refractivity contribution in [3.8, 4) is 0 Å². The lowest BCUT2D eigenvalue weighted by atomic mass is 10.1. The van der Waals surface area contributed by atoms with Gasteiger partial charge in [0.2, 0.25) is 11.8 Å². The van der Waals surface area contributed by atoms with Crippen molar-refractivity contribution >= 4 is 11.8 Å². The zero-order chi connectivity index (χ0) is 14.4. The largest absolute Gasteiger partial charge is 0.355 e. The van der Waals surface area contributed by atoms with Gasteiger partial charge in [0.05, 0.1) is 0 Å². The highest BCUT2D eigenvalue weighted by Crippen LogP contribution is 2.11. The maximum atomic E-state index is 11.9. The Morgan fingerprint density at radius 3 is 2.32 bits per heavy atom. The van der Waals surface area contributed by atoms with E-state index in [-0.39, 0.29) is 11.8 Å². The lowest BCUT2D eigenvalue weighted by molar-refractivity contribution is -0.129. The molecule has 0 saturated carbocycles. The molecule has 0 radical (unpaired) electrons. The third-order valence-corrected chi connectivity index (χ3v) is 2.82. The average Bonchev–Trinajstić information content (AvgIpc) is 2.38. The molecule has 0 aliphatic rings. The highest BCUT2D eigenvalue weighted by Gasteiger charge is 2.20. The minimum absolute atomic E-state index is 0.216. The second-order valence-corrected chi connectivity index (χ2v) is 4.51. The lowest BCUT2D eigenvalue weighted by Gasteiger charge is -2.17. The van der Waals surface area contributed by atoms with Crippen LogP contribution in [0, 0.1) is 6.92 Å². The van der Waals surface area contributed by atoms with Crippen LogP contribution in [-0.2, 0) is 9.59 Å².